The Morgan fingerprint density at radius 3 is 2.04 bits per heavy atom. The smallest absolute Gasteiger partial charge is 0.104 e. The van der Waals surface area contributed by atoms with Gasteiger partial charge in [-0.25, -0.2) is 0 Å². The molecular weight excluding hydrogens is 318 g/mol. The van der Waals surface area contributed by atoms with Gasteiger partial charge in [-0.2, -0.15) is 5.06 Å². The minimum Gasteiger partial charge on any atom is -0.290 e. The van der Waals surface area contributed by atoms with Gasteiger partial charge in [-0.3, -0.25) is 4.84 Å². The highest BCUT2D eigenvalue weighted by Gasteiger charge is 2.24. The summed E-state index contributed by atoms with van der Waals surface area (Å²) in [7, 11) is 0. The molecule has 0 aromatic heterocycles. The molecule has 0 radical (unpaired) electrons. The number of allylic oxidation sites excluding steroid dienone is 1. The lowest BCUT2D eigenvalue weighted by molar-refractivity contribution is -0.223. The van der Waals surface area contributed by atoms with Crippen LogP contribution in [0.3, 0.4) is 0 Å². The maximum atomic E-state index is 6.56. The number of hydrogen-bond acceptors (Lipinski definition) is 2. The number of rotatable bonds is 12. The van der Waals surface area contributed by atoms with Crippen molar-refractivity contribution in [1.29, 1.82) is 0 Å². The Hall–Kier alpha value is -2.16. The van der Waals surface area contributed by atoms with Gasteiger partial charge in [-0.1, -0.05) is 86.2 Å². The third-order valence-electron chi connectivity index (χ3n) is 4.47. The predicted octanol–water partition coefficient (Wildman–Crippen LogP) is 6.65. The summed E-state index contributed by atoms with van der Waals surface area (Å²) >= 11 is 0. The lowest BCUT2D eigenvalue weighted by atomic mass is 10.0. The zero-order chi connectivity index (χ0) is 18.6. The van der Waals surface area contributed by atoms with Crippen LogP contribution in [-0.2, 0) is 4.84 Å². The van der Waals surface area contributed by atoms with Crippen LogP contribution in [0.5, 0.6) is 0 Å². The van der Waals surface area contributed by atoms with Gasteiger partial charge in [0.1, 0.15) is 6.10 Å². The average Bonchev–Trinajstić information content (AvgIpc) is 2.69. The fraction of sp³-hybridized carbons (Fsp3) is 0.333. The van der Waals surface area contributed by atoms with E-state index in [0.29, 0.717) is 6.54 Å². The van der Waals surface area contributed by atoms with Crippen LogP contribution in [-0.4, -0.2) is 11.6 Å². The molecule has 0 bridgehead atoms. The van der Waals surface area contributed by atoms with Crippen LogP contribution in [0.1, 0.15) is 55.9 Å². The van der Waals surface area contributed by atoms with Crippen molar-refractivity contribution in [3.05, 3.63) is 97.1 Å². The molecule has 0 spiro atoms. The maximum Gasteiger partial charge on any atom is 0.104 e. The van der Waals surface area contributed by atoms with Crippen LogP contribution in [0.25, 0.3) is 0 Å². The molecule has 0 saturated carbocycles. The Kier molecular flexibility index (Phi) is 8.88. The molecule has 0 heterocycles. The molecule has 138 valence electrons. The van der Waals surface area contributed by atoms with Crippen LogP contribution in [0.4, 0.5) is 0 Å². The van der Waals surface area contributed by atoms with E-state index in [1.54, 1.807) is 0 Å². The fourth-order valence-electron chi connectivity index (χ4n) is 3.17. The van der Waals surface area contributed by atoms with Crippen LogP contribution >= 0.6 is 0 Å². The van der Waals surface area contributed by atoms with Crippen molar-refractivity contribution in [2.24, 2.45) is 0 Å². The van der Waals surface area contributed by atoms with Gasteiger partial charge in [0.2, 0.25) is 0 Å². The van der Waals surface area contributed by atoms with Crippen molar-refractivity contribution in [2.45, 2.75) is 44.8 Å². The first-order valence-corrected chi connectivity index (χ1v) is 9.55. The molecule has 2 aromatic carbocycles. The van der Waals surface area contributed by atoms with Gasteiger partial charge in [-0.15, -0.1) is 13.2 Å². The van der Waals surface area contributed by atoms with Crippen molar-refractivity contribution < 1.29 is 4.84 Å². The van der Waals surface area contributed by atoms with Crippen LogP contribution in [0.2, 0.25) is 0 Å². The summed E-state index contributed by atoms with van der Waals surface area (Å²) in [5, 5.41) is 2.10. The van der Waals surface area contributed by atoms with Gasteiger partial charge in [0.25, 0.3) is 0 Å². The molecule has 0 aliphatic rings. The van der Waals surface area contributed by atoms with Gasteiger partial charge in [0, 0.05) is 6.54 Å². The maximum absolute atomic E-state index is 6.56. The Balaban J connectivity index is 2.27. The van der Waals surface area contributed by atoms with E-state index in [1.165, 1.54) is 11.1 Å². The van der Waals surface area contributed by atoms with Gasteiger partial charge in [0.15, 0.2) is 0 Å². The van der Waals surface area contributed by atoms with E-state index in [-0.39, 0.29) is 12.1 Å². The van der Waals surface area contributed by atoms with E-state index in [9.17, 15) is 0 Å². The molecule has 0 aliphatic carbocycles. The monoisotopic (exact) mass is 349 g/mol. The first-order chi connectivity index (χ1) is 12.8. The molecule has 0 N–H and O–H groups in total. The lowest BCUT2D eigenvalue weighted by Crippen LogP contribution is -2.31. The summed E-state index contributed by atoms with van der Waals surface area (Å²) in [4.78, 5) is 6.56. The molecular formula is C24H31NO. The summed E-state index contributed by atoms with van der Waals surface area (Å²) in [6.45, 7) is 10.7. The summed E-state index contributed by atoms with van der Waals surface area (Å²) < 4.78 is 0. The number of nitrogens with zero attached hydrogens (tertiary/aromatic N) is 1. The van der Waals surface area contributed by atoms with Gasteiger partial charge in [0.05, 0.1) is 6.04 Å². The predicted molar refractivity (Wildman–Crippen MR) is 111 cm³/mol. The molecule has 0 amide bonds. The Labute approximate surface area is 158 Å². The van der Waals surface area contributed by atoms with Crippen LogP contribution in [0.15, 0.2) is 86.0 Å². The minimum absolute atomic E-state index is 0.0519. The van der Waals surface area contributed by atoms with E-state index in [0.717, 1.165) is 25.7 Å². The quantitative estimate of drug-likeness (QED) is 0.314. The molecule has 2 rings (SSSR count). The Morgan fingerprint density at radius 1 is 0.885 bits per heavy atom. The average molecular weight is 350 g/mol. The Bertz CT molecular complexity index is 638. The second kappa shape index (κ2) is 11.5. The molecule has 0 saturated heterocycles. The third kappa shape index (κ3) is 5.98. The minimum atomic E-state index is 0.0519. The topological polar surface area (TPSA) is 12.5 Å². The van der Waals surface area contributed by atoms with Gasteiger partial charge < -0.3 is 0 Å². The fourth-order valence-corrected chi connectivity index (χ4v) is 3.17. The highest BCUT2D eigenvalue weighted by atomic mass is 16.7. The van der Waals surface area contributed by atoms with Crippen molar-refractivity contribution >= 4 is 0 Å². The molecule has 26 heavy (non-hydrogen) atoms. The van der Waals surface area contributed by atoms with E-state index in [2.05, 4.69) is 79.7 Å². The summed E-state index contributed by atoms with van der Waals surface area (Å²) in [5.41, 5.74) is 2.48. The van der Waals surface area contributed by atoms with Crippen molar-refractivity contribution in [3.63, 3.8) is 0 Å². The van der Waals surface area contributed by atoms with Gasteiger partial charge in [-0.05, 0) is 30.4 Å². The zero-order valence-electron chi connectivity index (χ0n) is 15.9. The first-order valence-electron chi connectivity index (χ1n) is 9.55. The van der Waals surface area contributed by atoms with Crippen LogP contribution < -0.4 is 0 Å². The number of benzene rings is 2. The first kappa shape index (κ1) is 20.2. The largest absolute Gasteiger partial charge is 0.290 e. The van der Waals surface area contributed by atoms with Crippen molar-refractivity contribution in [3.8, 4) is 0 Å². The van der Waals surface area contributed by atoms with E-state index in [4.69, 9.17) is 4.84 Å². The zero-order valence-corrected chi connectivity index (χ0v) is 15.9. The normalized spacial score (nSPS) is 13.3. The van der Waals surface area contributed by atoms with E-state index in [1.807, 2.05) is 18.2 Å². The molecule has 2 atom stereocenters. The molecule has 0 aliphatic heterocycles. The molecule has 2 aromatic rings. The van der Waals surface area contributed by atoms with Crippen LogP contribution in [0, 0.1) is 0 Å². The van der Waals surface area contributed by atoms with E-state index >= 15 is 0 Å². The third-order valence-corrected chi connectivity index (χ3v) is 4.47. The molecule has 0 unspecified atom stereocenters. The second-order valence-electron chi connectivity index (χ2n) is 6.47. The summed E-state index contributed by atoms with van der Waals surface area (Å²) in [6, 6.07) is 21.2. The molecule has 2 nitrogen and oxygen atoms in total. The second-order valence-corrected chi connectivity index (χ2v) is 6.47. The highest BCUT2D eigenvalue weighted by Crippen LogP contribution is 2.31. The molecule has 0 fully saturated rings. The lowest BCUT2D eigenvalue weighted by Gasteiger charge is -2.34. The highest BCUT2D eigenvalue weighted by molar-refractivity contribution is 5.20. The molecule has 2 heteroatoms. The summed E-state index contributed by atoms with van der Waals surface area (Å²) in [6.07, 6.45) is 7.91. The van der Waals surface area contributed by atoms with E-state index < -0.39 is 0 Å². The SMILES string of the molecule is C=CCC[C@@H](c1ccccc1)N(CC=C)O[C@@H](CCC)c1ccccc1. The van der Waals surface area contributed by atoms with Crippen molar-refractivity contribution in [2.75, 3.05) is 6.54 Å². The number of hydrogen-bond donors (Lipinski definition) is 0. The number of hydroxylamine groups is 2. The Morgan fingerprint density at radius 2 is 1.50 bits per heavy atom. The van der Waals surface area contributed by atoms with Gasteiger partial charge >= 0.3 is 0 Å². The standard InChI is InChI=1S/C24H31NO/c1-4-7-19-23(21-15-10-8-11-16-21)25(20-6-3)26-24(14-5-2)22-17-12-9-13-18-22/h4,6,8-13,15-18,23-24H,1,3,5,7,14,19-20H2,2H3/t23-,24-/m0/s1. The summed E-state index contributed by atoms with van der Waals surface area (Å²) in [5.74, 6) is 0. The van der Waals surface area contributed by atoms with Crippen molar-refractivity contribution in [1.82, 2.24) is 5.06 Å².